The van der Waals surface area contributed by atoms with Crippen LogP contribution >= 0.6 is 0 Å². The molecule has 2 nitrogen and oxygen atoms in total. The molecule has 20 heavy (non-hydrogen) atoms. The summed E-state index contributed by atoms with van der Waals surface area (Å²) in [5.74, 6) is 0. The van der Waals surface area contributed by atoms with Gasteiger partial charge in [-0.25, -0.2) is 0 Å². The molecule has 2 N–H and O–H groups in total. The number of nitrogen functional groups attached to an aromatic ring is 1. The molecule has 0 aliphatic heterocycles. The fourth-order valence-corrected chi connectivity index (χ4v) is 2.39. The van der Waals surface area contributed by atoms with Crippen LogP contribution in [-0.2, 0) is 13.0 Å². The summed E-state index contributed by atoms with van der Waals surface area (Å²) in [7, 11) is 2.18. The minimum Gasteiger partial charge on any atom is -0.399 e. The van der Waals surface area contributed by atoms with Gasteiger partial charge in [-0.3, -0.25) is 0 Å². The molecule has 0 saturated carbocycles. The van der Waals surface area contributed by atoms with Gasteiger partial charge in [-0.05, 0) is 56.6 Å². The van der Waals surface area contributed by atoms with E-state index in [4.69, 9.17) is 5.73 Å². The van der Waals surface area contributed by atoms with Crippen molar-refractivity contribution in [2.24, 2.45) is 0 Å². The zero-order chi connectivity index (χ0) is 14.4. The Balaban J connectivity index is 1.75. The molecule has 2 aromatic carbocycles. The number of hydrogen-bond donors (Lipinski definition) is 1. The maximum atomic E-state index is 5.79. The van der Waals surface area contributed by atoms with Gasteiger partial charge in [-0.15, -0.1) is 0 Å². The van der Waals surface area contributed by atoms with E-state index in [0.29, 0.717) is 0 Å². The van der Waals surface area contributed by atoms with Crippen molar-refractivity contribution in [3.05, 3.63) is 65.2 Å². The summed E-state index contributed by atoms with van der Waals surface area (Å²) < 4.78 is 0. The molecule has 0 radical (unpaired) electrons. The zero-order valence-electron chi connectivity index (χ0n) is 12.5. The van der Waals surface area contributed by atoms with E-state index in [2.05, 4.69) is 55.3 Å². The number of rotatable bonds is 6. The van der Waals surface area contributed by atoms with Crippen LogP contribution in [0.2, 0.25) is 0 Å². The second-order valence-electron chi connectivity index (χ2n) is 5.57. The standard InChI is InChI=1S/C18H24N2/c1-15-8-10-17(11-9-15)14-20(2)12-4-6-16-5-3-7-18(19)13-16/h3,5,7-11,13H,4,6,12,14,19H2,1-2H3. The molecule has 0 spiro atoms. The van der Waals surface area contributed by atoms with Crippen molar-refractivity contribution in [2.75, 3.05) is 19.3 Å². The average molecular weight is 268 g/mol. The first-order valence-corrected chi connectivity index (χ1v) is 7.22. The molecule has 0 fully saturated rings. The lowest BCUT2D eigenvalue weighted by Crippen LogP contribution is -2.19. The van der Waals surface area contributed by atoms with Crippen LogP contribution in [0.1, 0.15) is 23.1 Å². The predicted molar refractivity (Wildman–Crippen MR) is 86.7 cm³/mol. The molecule has 0 aromatic heterocycles. The molecule has 0 bridgehead atoms. The Hall–Kier alpha value is -1.80. The van der Waals surface area contributed by atoms with Gasteiger partial charge in [0, 0.05) is 12.2 Å². The Morgan fingerprint density at radius 1 is 1.00 bits per heavy atom. The van der Waals surface area contributed by atoms with Crippen molar-refractivity contribution in [1.29, 1.82) is 0 Å². The molecular weight excluding hydrogens is 244 g/mol. The van der Waals surface area contributed by atoms with E-state index in [1.54, 1.807) is 0 Å². The largest absolute Gasteiger partial charge is 0.399 e. The first-order chi connectivity index (χ1) is 9.63. The van der Waals surface area contributed by atoms with Crippen molar-refractivity contribution in [1.82, 2.24) is 4.90 Å². The van der Waals surface area contributed by atoms with Gasteiger partial charge in [0.1, 0.15) is 0 Å². The third kappa shape index (κ3) is 4.71. The van der Waals surface area contributed by atoms with Gasteiger partial charge in [-0.2, -0.15) is 0 Å². The zero-order valence-corrected chi connectivity index (χ0v) is 12.5. The third-order valence-electron chi connectivity index (χ3n) is 3.53. The van der Waals surface area contributed by atoms with Gasteiger partial charge < -0.3 is 10.6 Å². The summed E-state index contributed by atoms with van der Waals surface area (Å²) in [6.45, 7) is 4.24. The monoisotopic (exact) mass is 268 g/mol. The molecule has 106 valence electrons. The minimum absolute atomic E-state index is 0.857. The van der Waals surface area contributed by atoms with Crippen LogP contribution in [0.5, 0.6) is 0 Å². The average Bonchev–Trinajstić information content (AvgIpc) is 2.41. The molecular formula is C18H24N2. The van der Waals surface area contributed by atoms with Crippen LogP contribution < -0.4 is 5.73 Å². The lowest BCUT2D eigenvalue weighted by atomic mass is 10.1. The number of nitrogens with two attached hydrogens (primary N) is 1. The van der Waals surface area contributed by atoms with Crippen LogP contribution in [0.3, 0.4) is 0 Å². The molecule has 2 rings (SSSR count). The Kier molecular flexibility index (Phi) is 5.19. The summed E-state index contributed by atoms with van der Waals surface area (Å²) in [5.41, 5.74) is 10.7. The lowest BCUT2D eigenvalue weighted by Gasteiger charge is -2.16. The first-order valence-electron chi connectivity index (χ1n) is 7.22. The van der Waals surface area contributed by atoms with Gasteiger partial charge >= 0.3 is 0 Å². The van der Waals surface area contributed by atoms with Crippen LogP contribution in [-0.4, -0.2) is 18.5 Å². The van der Waals surface area contributed by atoms with Crippen molar-refractivity contribution in [3.63, 3.8) is 0 Å². The topological polar surface area (TPSA) is 29.3 Å². The van der Waals surface area contributed by atoms with Crippen LogP contribution in [0.4, 0.5) is 5.69 Å². The van der Waals surface area contributed by atoms with E-state index in [1.165, 1.54) is 16.7 Å². The molecule has 2 heteroatoms. The van der Waals surface area contributed by atoms with Crippen LogP contribution in [0.25, 0.3) is 0 Å². The van der Waals surface area contributed by atoms with E-state index >= 15 is 0 Å². The molecule has 0 saturated heterocycles. The van der Waals surface area contributed by atoms with Crippen molar-refractivity contribution in [2.45, 2.75) is 26.3 Å². The molecule has 2 aromatic rings. The molecule has 0 amide bonds. The number of nitrogens with zero attached hydrogens (tertiary/aromatic N) is 1. The lowest BCUT2D eigenvalue weighted by molar-refractivity contribution is 0.322. The molecule has 0 aliphatic carbocycles. The highest BCUT2D eigenvalue weighted by Gasteiger charge is 2.01. The van der Waals surface area contributed by atoms with Gasteiger partial charge in [0.25, 0.3) is 0 Å². The van der Waals surface area contributed by atoms with Crippen molar-refractivity contribution < 1.29 is 0 Å². The Morgan fingerprint density at radius 2 is 1.75 bits per heavy atom. The maximum absolute atomic E-state index is 5.79. The third-order valence-corrected chi connectivity index (χ3v) is 3.53. The molecule has 0 heterocycles. The van der Waals surface area contributed by atoms with E-state index in [1.807, 2.05) is 12.1 Å². The number of anilines is 1. The van der Waals surface area contributed by atoms with E-state index in [-0.39, 0.29) is 0 Å². The van der Waals surface area contributed by atoms with Crippen molar-refractivity contribution in [3.8, 4) is 0 Å². The van der Waals surface area contributed by atoms with Gasteiger partial charge in [0.2, 0.25) is 0 Å². The van der Waals surface area contributed by atoms with E-state index in [9.17, 15) is 0 Å². The second-order valence-corrected chi connectivity index (χ2v) is 5.57. The summed E-state index contributed by atoms with van der Waals surface area (Å²) >= 11 is 0. The Bertz CT molecular complexity index is 531. The number of hydrogen-bond acceptors (Lipinski definition) is 2. The maximum Gasteiger partial charge on any atom is 0.0316 e. The highest BCUT2D eigenvalue weighted by Crippen LogP contribution is 2.10. The quantitative estimate of drug-likeness (QED) is 0.810. The summed E-state index contributed by atoms with van der Waals surface area (Å²) in [4.78, 5) is 2.37. The van der Waals surface area contributed by atoms with E-state index < -0.39 is 0 Å². The summed E-state index contributed by atoms with van der Waals surface area (Å²) in [6.07, 6.45) is 2.25. The van der Waals surface area contributed by atoms with Gasteiger partial charge in [0.15, 0.2) is 0 Å². The smallest absolute Gasteiger partial charge is 0.0316 e. The summed E-state index contributed by atoms with van der Waals surface area (Å²) in [5, 5.41) is 0. The van der Waals surface area contributed by atoms with Gasteiger partial charge in [-0.1, -0.05) is 42.0 Å². The Labute approximate surface area is 122 Å². The summed E-state index contributed by atoms with van der Waals surface area (Å²) in [6, 6.07) is 17.0. The second kappa shape index (κ2) is 7.11. The van der Waals surface area contributed by atoms with Crippen LogP contribution in [0, 0.1) is 6.92 Å². The molecule has 0 atom stereocenters. The number of benzene rings is 2. The van der Waals surface area contributed by atoms with Crippen molar-refractivity contribution >= 4 is 5.69 Å². The predicted octanol–water partition coefficient (Wildman–Crippen LogP) is 3.64. The van der Waals surface area contributed by atoms with E-state index in [0.717, 1.165) is 31.6 Å². The molecule has 0 aliphatic rings. The molecule has 0 unspecified atom stereocenters. The van der Waals surface area contributed by atoms with Gasteiger partial charge in [0.05, 0.1) is 0 Å². The fourth-order valence-electron chi connectivity index (χ4n) is 2.39. The highest BCUT2D eigenvalue weighted by molar-refractivity contribution is 5.40. The first kappa shape index (κ1) is 14.6. The Morgan fingerprint density at radius 3 is 2.45 bits per heavy atom. The minimum atomic E-state index is 0.857. The highest BCUT2D eigenvalue weighted by atomic mass is 15.1. The normalized spacial score (nSPS) is 10.9. The number of aryl methyl sites for hydroxylation is 2. The van der Waals surface area contributed by atoms with Crippen LogP contribution in [0.15, 0.2) is 48.5 Å². The SMILES string of the molecule is Cc1ccc(CN(C)CCCc2cccc(N)c2)cc1. The fraction of sp³-hybridized carbons (Fsp3) is 0.333.